The molecule has 0 unspecified atom stereocenters. The van der Waals surface area contributed by atoms with E-state index in [1.807, 2.05) is 62.3 Å². The van der Waals surface area contributed by atoms with Crippen molar-refractivity contribution in [2.45, 2.75) is 144 Å². The second kappa shape index (κ2) is 27.0. The van der Waals surface area contributed by atoms with Crippen molar-refractivity contribution in [3.63, 3.8) is 0 Å². The molecular formula is C46H68N8O13. The largest absolute Gasteiger partial charge is 0.481 e. The summed E-state index contributed by atoms with van der Waals surface area (Å²) in [4.78, 5) is 119. The Hall–Kier alpha value is -6.74. The van der Waals surface area contributed by atoms with Gasteiger partial charge in [0.05, 0.1) is 18.5 Å². The second-order valence-corrected chi connectivity index (χ2v) is 17.3. The normalized spacial score (nSPS) is 12.9. The number of benzene rings is 2. The molecule has 0 spiro atoms. The number of carbonyl (C=O) groups excluding carboxylic acids is 9. The topological polar surface area (TPSA) is 306 Å². The summed E-state index contributed by atoms with van der Waals surface area (Å²) in [5.74, 6) is -7.19. The van der Waals surface area contributed by atoms with E-state index in [-0.39, 0.29) is 23.5 Å². The Morgan fingerprint density at radius 2 is 0.985 bits per heavy atom. The lowest BCUT2D eigenvalue weighted by Gasteiger charge is -2.28. The fourth-order valence-corrected chi connectivity index (χ4v) is 6.09. The number of hydrogen-bond acceptors (Lipinski definition) is 12. The van der Waals surface area contributed by atoms with Gasteiger partial charge < -0.3 is 61.9 Å². The molecule has 0 aromatic heterocycles. The van der Waals surface area contributed by atoms with Gasteiger partial charge in [0.15, 0.2) is 6.29 Å². The molecule has 0 heterocycles. The Bertz CT molecular complexity index is 2110. The Morgan fingerprint density at radius 3 is 1.30 bits per heavy atom. The van der Waals surface area contributed by atoms with Gasteiger partial charge >= 0.3 is 29.6 Å². The van der Waals surface area contributed by atoms with Crippen LogP contribution >= 0.6 is 0 Å². The number of anilines is 4. The number of carbonyl (C=O) groups is 10. The lowest BCUT2D eigenvalue weighted by Crippen LogP contribution is -2.53. The summed E-state index contributed by atoms with van der Waals surface area (Å²) in [5.41, 5.74) is 2.36. The number of rotatable bonds is 19. The van der Waals surface area contributed by atoms with Gasteiger partial charge in [-0.3, -0.25) is 43.2 Å². The van der Waals surface area contributed by atoms with Crippen LogP contribution in [0.4, 0.5) is 22.7 Å². The lowest BCUT2D eigenvalue weighted by molar-refractivity contribution is -0.159. The summed E-state index contributed by atoms with van der Waals surface area (Å²) in [6.45, 7) is 23.5. The van der Waals surface area contributed by atoms with Crippen molar-refractivity contribution in [2.24, 2.45) is 0 Å². The molecule has 2 aromatic carbocycles. The Labute approximate surface area is 391 Å². The van der Waals surface area contributed by atoms with E-state index in [1.54, 1.807) is 30.3 Å². The predicted molar refractivity (Wildman–Crippen MR) is 251 cm³/mol. The van der Waals surface area contributed by atoms with Gasteiger partial charge in [-0.25, -0.2) is 0 Å². The fourth-order valence-electron chi connectivity index (χ4n) is 6.09. The van der Waals surface area contributed by atoms with Gasteiger partial charge in [0, 0.05) is 49.8 Å². The van der Waals surface area contributed by atoms with Gasteiger partial charge in [-0.1, -0.05) is 60.6 Å². The molecule has 0 bridgehead atoms. The van der Waals surface area contributed by atoms with Crippen molar-refractivity contribution in [2.75, 3.05) is 34.5 Å². The maximum atomic E-state index is 12.7. The third-order valence-corrected chi connectivity index (χ3v) is 9.33. The van der Waals surface area contributed by atoms with E-state index in [0.717, 1.165) is 5.56 Å². The molecule has 21 heteroatoms. The Kier molecular flexibility index (Phi) is 23.5. The molecule has 0 aliphatic rings. The lowest BCUT2D eigenvalue weighted by atomic mass is 9.85. The van der Waals surface area contributed by atoms with Gasteiger partial charge in [0.2, 0.25) is 23.6 Å². The highest BCUT2D eigenvalue weighted by atomic mass is 16.7. The average molecular weight is 941 g/mol. The molecule has 8 amide bonds. The van der Waals surface area contributed by atoms with Crippen LogP contribution in [0.5, 0.6) is 0 Å². The number of aliphatic carboxylic acids is 1. The molecule has 0 fully saturated rings. The van der Waals surface area contributed by atoms with Gasteiger partial charge in [0.1, 0.15) is 18.4 Å². The van der Waals surface area contributed by atoms with E-state index < -0.39 is 83.7 Å². The highest BCUT2D eigenvalue weighted by Gasteiger charge is 2.29. The van der Waals surface area contributed by atoms with Gasteiger partial charge in [-0.2, -0.15) is 0 Å². The monoisotopic (exact) mass is 940 g/mol. The van der Waals surface area contributed by atoms with Crippen LogP contribution in [-0.4, -0.2) is 108 Å². The molecule has 0 aliphatic heterocycles. The molecule has 0 radical (unpaired) electrons. The average Bonchev–Trinajstić information content (AvgIpc) is 3.21. The van der Waals surface area contributed by atoms with Crippen LogP contribution in [0.15, 0.2) is 36.4 Å². The minimum absolute atomic E-state index is 0.260. The first-order valence-electron chi connectivity index (χ1n) is 21.7. The molecular weight excluding hydrogens is 873 g/mol. The number of carboxylic acids is 1. The molecule has 21 nitrogen and oxygen atoms in total. The van der Waals surface area contributed by atoms with Crippen LogP contribution in [0.1, 0.15) is 114 Å². The van der Waals surface area contributed by atoms with Crippen molar-refractivity contribution < 1.29 is 62.5 Å². The van der Waals surface area contributed by atoms with E-state index in [4.69, 9.17) is 14.6 Å². The third kappa shape index (κ3) is 20.5. The zero-order chi connectivity index (χ0) is 51.4. The van der Waals surface area contributed by atoms with Crippen LogP contribution in [-0.2, 0) is 68.2 Å². The number of nitrogens with one attached hydrogen (secondary N) is 8. The predicted octanol–water partition coefficient (Wildman–Crippen LogP) is 3.22. The van der Waals surface area contributed by atoms with Crippen molar-refractivity contribution in [3.8, 4) is 0 Å². The standard InChI is InChI=1S/C25H40N4O6.C21H28N4O7/c1-9-19(24(34-10-2)35-11-3)28-21(31)15(4)26-22(32)23(33)29-20-14-17(27-16(5)30)12-13-18(20)25(6,7)8;1-11(18(30)24-14(10-26)9-17(28)29)22-19(31)20(32)25-16-8-13(23-12(2)27)6-7-15(16)21(3,4)5/h12-15,19,24H,9-11H2,1-8H3,(H,26,32)(H,27,30)(H,28,31)(H,29,33);6-8,10-11,14H,9H2,1-5H3,(H,22,31)(H,23,27)(H,24,30)(H,25,32)(H,28,29)/t15-,19-;11-,14-/m00/s1. The minimum Gasteiger partial charge on any atom is -0.481 e. The molecule has 2 rings (SSSR count). The van der Waals surface area contributed by atoms with E-state index in [1.165, 1.54) is 33.8 Å². The Balaban J connectivity index is 0.000000673. The van der Waals surface area contributed by atoms with E-state index in [9.17, 15) is 47.9 Å². The fraction of sp³-hybridized carbons (Fsp3) is 0.522. The summed E-state index contributed by atoms with van der Waals surface area (Å²) < 4.78 is 11.1. The maximum absolute atomic E-state index is 12.7. The van der Waals surface area contributed by atoms with Crippen LogP contribution in [0.3, 0.4) is 0 Å². The van der Waals surface area contributed by atoms with Crippen molar-refractivity contribution in [1.29, 1.82) is 0 Å². The van der Waals surface area contributed by atoms with Gasteiger partial charge in [-0.05, 0) is 80.3 Å². The molecule has 0 saturated heterocycles. The van der Waals surface area contributed by atoms with Crippen molar-refractivity contribution in [3.05, 3.63) is 47.5 Å². The van der Waals surface area contributed by atoms with Crippen LogP contribution < -0.4 is 42.5 Å². The molecule has 2 aromatic rings. The number of amides is 8. The summed E-state index contributed by atoms with van der Waals surface area (Å²) >= 11 is 0. The highest BCUT2D eigenvalue weighted by Crippen LogP contribution is 2.33. The highest BCUT2D eigenvalue weighted by molar-refractivity contribution is 6.40. The first-order valence-corrected chi connectivity index (χ1v) is 21.7. The second-order valence-electron chi connectivity index (χ2n) is 17.3. The first kappa shape index (κ1) is 58.3. The summed E-state index contributed by atoms with van der Waals surface area (Å²) in [5, 5.41) is 28.7. The van der Waals surface area contributed by atoms with E-state index in [0.29, 0.717) is 47.9 Å². The molecule has 370 valence electrons. The third-order valence-electron chi connectivity index (χ3n) is 9.33. The van der Waals surface area contributed by atoms with Crippen LogP contribution in [0.25, 0.3) is 0 Å². The maximum Gasteiger partial charge on any atom is 0.313 e. The molecule has 9 N–H and O–H groups in total. The quantitative estimate of drug-likeness (QED) is 0.0556. The molecule has 0 saturated carbocycles. The van der Waals surface area contributed by atoms with Crippen LogP contribution in [0, 0.1) is 0 Å². The van der Waals surface area contributed by atoms with Crippen LogP contribution in [0.2, 0.25) is 0 Å². The SMILES string of the molecule is CC(=O)Nc1ccc(C(C)(C)C)c(NC(=O)C(=O)N[C@@H](C)C(=O)N[C@H](C=O)CC(=O)O)c1.CCOC(OCC)[C@H](CC)NC(=O)[C@H](C)NC(=O)C(=O)Nc1cc(NC(C)=O)ccc1C(C)(C)C. The van der Waals surface area contributed by atoms with Crippen molar-refractivity contribution in [1.82, 2.24) is 21.3 Å². The number of hydrogen-bond donors (Lipinski definition) is 9. The number of carboxylic acid groups (broad SMARTS) is 1. The summed E-state index contributed by atoms with van der Waals surface area (Å²) in [6.07, 6.45) is -0.408. The van der Waals surface area contributed by atoms with Gasteiger partial charge in [0.25, 0.3) is 0 Å². The van der Waals surface area contributed by atoms with E-state index in [2.05, 4.69) is 42.5 Å². The van der Waals surface area contributed by atoms with Crippen molar-refractivity contribution >= 4 is 82.3 Å². The summed E-state index contributed by atoms with van der Waals surface area (Å²) in [6, 6.07) is 6.15. The number of ether oxygens (including phenoxy) is 2. The molecule has 0 aliphatic carbocycles. The van der Waals surface area contributed by atoms with E-state index >= 15 is 0 Å². The smallest absolute Gasteiger partial charge is 0.313 e. The zero-order valence-corrected chi connectivity index (χ0v) is 40.6. The summed E-state index contributed by atoms with van der Waals surface area (Å²) in [7, 11) is 0. The number of aldehydes is 1. The Morgan fingerprint density at radius 1 is 0.597 bits per heavy atom. The first-order chi connectivity index (χ1) is 31.1. The molecule has 67 heavy (non-hydrogen) atoms. The van der Waals surface area contributed by atoms with Gasteiger partial charge in [-0.15, -0.1) is 0 Å². The molecule has 4 atom stereocenters. The zero-order valence-electron chi connectivity index (χ0n) is 40.6. The minimum atomic E-state index is -1.28.